The number of fused-ring (bicyclic) bond motifs is 1. The van der Waals surface area contributed by atoms with Crippen molar-refractivity contribution >= 4 is 40.0 Å². The number of carbonyl (C=O) groups excluding carboxylic acids is 1. The van der Waals surface area contributed by atoms with Crippen molar-refractivity contribution in [1.29, 1.82) is 0 Å². The lowest BCUT2D eigenvalue weighted by Crippen LogP contribution is -2.48. The molecule has 0 spiro atoms. The van der Waals surface area contributed by atoms with E-state index in [1.165, 1.54) is 38.5 Å². The Labute approximate surface area is 199 Å². The Bertz CT molecular complexity index is 1210. The Kier molecular flexibility index (Phi) is 5.02. The highest BCUT2D eigenvalue weighted by Gasteiger charge is 2.51. The van der Waals surface area contributed by atoms with E-state index in [4.69, 9.17) is 16.6 Å². The normalized spacial score (nSPS) is 27.6. The van der Waals surface area contributed by atoms with E-state index in [0.29, 0.717) is 17.4 Å². The summed E-state index contributed by atoms with van der Waals surface area (Å²) in [7, 11) is 0. The first-order chi connectivity index (χ1) is 15.9. The summed E-state index contributed by atoms with van der Waals surface area (Å²) < 4.78 is 5.95. The lowest BCUT2D eigenvalue weighted by atomic mass is 9.49. The summed E-state index contributed by atoms with van der Waals surface area (Å²) in [6.07, 6.45) is 8.42. The maximum atomic E-state index is 12.9. The molecule has 1 amide bonds. The number of aryl methyl sites for hydroxylation is 1. The molecule has 4 aliphatic rings. The van der Waals surface area contributed by atoms with Gasteiger partial charge in [0, 0.05) is 17.7 Å². The Morgan fingerprint density at radius 3 is 2.55 bits per heavy atom. The van der Waals surface area contributed by atoms with Crippen molar-refractivity contribution in [2.24, 2.45) is 23.2 Å². The number of hydrogen-bond donors (Lipinski definition) is 2. The molecule has 4 fully saturated rings. The van der Waals surface area contributed by atoms with Gasteiger partial charge < -0.3 is 15.1 Å². The maximum absolute atomic E-state index is 12.9. The van der Waals surface area contributed by atoms with Gasteiger partial charge in [-0.15, -0.1) is 0 Å². The number of nitrogens with zero attached hydrogens (tertiary/aromatic N) is 1. The Hall–Kier alpha value is -2.73. The predicted molar refractivity (Wildman–Crippen MR) is 134 cm³/mol. The molecular weight excluding hydrogens is 430 g/mol. The van der Waals surface area contributed by atoms with Gasteiger partial charge >= 0.3 is 0 Å². The molecule has 33 heavy (non-hydrogen) atoms. The largest absolute Gasteiger partial charge is 0.436 e. The van der Waals surface area contributed by atoms with Gasteiger partial charge in [-0.05, 0) is 117 Å². The molecule has 4 bridgehead atoms. The molecular formula is C27H29N3O2S. The molecule has 2 N–H and O–H groups in total. The van der Waals surface area contributed by atoms with Gasteiger partial charge in [0.1, 0.15) is 5.52 Å². The smallest absolute Gasteiger partial charge is 0.227 e. The fourth-order valence-corrected chi connectivity index (χ4v) is 7.30. The van der Waals surface area contributed by atoms with Crippen LogP contribution in [0.4, 0.5) is 5.69 Å². The molecule has 0 aliphatic heterocycles. The van der Waals surface area contributed by atoms with Crippen molar-refractivity contribution < 1.29 is 9.21 Å². The summed E-state index contributed by atoms with van der Waals surface area (Å²) >= 11 is 5.47. The van der Waals surface area contributed by atoms with Gasteiger partial charge in [0.05, 0.1) is 0 Å². The summed E-state index contributed by atoms with van der Waals surface area (Å²) in [6, 6.07) is 13.7. The van der Waals surface area contributed by atoms with Gasteiger partial charge in [-0.1, -0.05) is 12.1 Å². The van der Waals surface area contributed by atoms with Crippen molar-refractivity contribution in [2.75, 3.05) is 5.32 Å². The van der Waals surface area contributed by atoms with E-state index >= 15 is 0 Å². The molecule has 1 heterocycles. The van der Waals surface area contributed by atoms with Gasteiger partial charge in [0.15, 0.2) is 10.7 Å². The fourth-order valence-electron chi connectivity index (χ4n) is 7.07. The number of benzene rings is 2. The number of oxazole rings is 1. The number of carbonyl (C=O) groups is 1. The average molecular weight is 460 g/mol. The molecule has 4 aliphatic carbocycles. The number of hydrogen-bond acceptors (Lipinski definition) is 4. The van der Waals surface area contributed by atoms with E-state index in [9.17, 15) is 4.79 Å². The second-order valence-corrected chi connectivity index (χ2v) is 11.1. The summed E-state index contributed by atoms with van der Waals surface area (Å²) in [5.41, 5.74) is 4.61. The summed E-state index contributed by atoms with van der Waals surface area (Å²) in [5, 5.41) is 6.44. The van der Waals surface area contributed by atoms with Gasteiger partial charge in [-0.3, -0.25) is 4.79 Å². The summed E-state index contributed by atoms with van der Waals surface area (Å²) in [5.74, 6) is 3.13. The van der Waals surface area contributed by atoms with Gasteiger partial charge in [0.2, 0.25) is 11.8 Å². The monoisotopic (exact) mass is 459 g/mol. The average Bonchev–Trinajstić information content (AvgIpc) is 3.15. The highest BCUT2D eigenvalue weighted by atomic mass is 32.1. The van der Waals surface area contributed by atoms with Gasteiger partial charge in [0.25, 0.3) is 0 Å². The van der Waals surface area contributed by atoms with Crippen LogP contribution in [0.1, 0.15) is 50.5 Å². The number of thiocarbonyl (C=S) groups is 1. The molecule has 0 radical (unpaired) electrons. The van der Waals surface area contributed by atoms with E-state index in [2.05, 4.69) is 15.6 Å². The van der Waals surface area contributed by atoms with Crippen LogP contribution in [-0.2, 0) is 4.79 Å². The number of nitrogens with one attached hydrogen (secondary N) is 2. The summed E-state index contributed by atoms with van der Waals surface area (Å²) in [6.45, 7) is 2.03. The van der Waals surface area contributed by atoms with Crippen molar-refractivity contribution in [3.8, 4) is 11.5 Å². The Morgan fingerprint density at radius 2 is 1.82 bits per heavy atom. The van der Waals surface area contributed by atoms with Crippen LogP contribution in [0, 0.1) is 30.1 Å². The van der Waals surface area contributed by atoms with E-state index in [0.717, 1.165) is 45.7 Å². The van der Waals surface area contributed by atoms with Crippen LogP contribution in [0.25, 0.3) is 22.6 Å². The quantitative estimate of drug-likeness (QED) is 0.453. The second-order valence-electron chi connectivity index (χ2n) is 10.7. The van der Waals surface area contributed by atoms with Crippen molar-refractivity contribution in [3.05, 3.63) is 48.0 Å². The molecule has 5 nitrogen and oxygen atoms in total. The second kappa shape index (κ2) is 7.94. The minimum atomic E-state index is 0.0416. The third-order valence-corrected chi connectivity index (χ3v) is 8.07. The van der Waals surface area contributed by atoms with Crippen LogP contribution in [0.15, 0.2) is 46.9 Å². The first kappa shape index (κ1) is 20.8. The maximum Gasteiger partial charge on any atom is 0.227 e. The van der Waals surface area contributed by atoms with Crippen LogP contribution in [-0.4, -0.2) is 16.0 Å². The van der Waals surface area contributed by atoms with E-state index < -0.39 is 0 Å². The third kappa shape index (κ3) is 4.17. The molecule has 0 atom stereocenters. The highest BCUT2D eigenvalue weighted by Crippen LogP contribution is 2.61. The molecule has 4 saturated carbocycles. The first-order valence-corrected chi connectivity index (χ1v) is 12.4. The zero-order valence-corrected chi connectivity index (χ0v) is 19.7. The minimum Gasteiger partial charge on any atom is -0.436 e. The summed E-state index contributed by atoms with van der Waals surface area (Å²) in [4.78, 5) is 17.5. The third-order valence-electron chi connectivity index (χ3n) is 7.86. The van der Waals surface area contributed by atoms with Gasteiger partial charge in [-0.2, -0.15) is 0 Å². The number of amides is 1. The Morgan fingerprint density at radius 1 is 1.09 bits per heavy atom. The lowest BCUT2D eigenvalue weighted by molar-refractivity contribution is -0.127. The molecule has 2 aromatic carbocycles. The molecule has 6 heteroatoms. The lowest BCUT2D eigenvalue weighted by Gasteiger charge is -2.56. The fraction of sp³-hybridized carbons (Fsp3) is 0.444. The molecule has 7 rings (SSSR count). The van der Waals surface area contributed by atoms with Crippen molar-refractivity contribution in [2.45, 2.75) is 51.9 Å². The SMILES string of the molecule is Cc1ccc2nc(-c3cccc(NC(=S)NC(=O)CC45CC6CC(CC(C6)C4)C5)c3)oc2c1. The molecule has 0 unspecified atom stereocenters. The van der Waals surface area contributed by atoms with Crippen LogP contribution in [0.3, 0.4) is 0 Å². The minimum absolute atomic E-state index is 0.0416. The number of anilines is 1. The topological polar surface area (TPSA) is 67.2 Å². The van der Waals surface area contributed by atoms with E-state index in [-0.39, 0.29) is 11.3 Å². The molecule has 0 saturated heterocycles. The Balaban J connectivity index is 1.11. The zero-order valence-electron chi connectivity index (χ0n) is 18.9. The molecule has 170 valence electrons. The zero-order chi connectivity index (χ0) is 22.6. The molecule has 3 aromatic rings. The van der Waals surface area contributed by atoms with Crippen LogP contribution < -0.4 is 10.6 Å². The predicted octanol–water partition coefficient (Wildman–Crippen LogP) is 6.22. The first-order valence-electron chi connectivity index (χ1n) is 12.0. The number of aromatic nitrogens is 1. The van der Waals surface area contributed by atoms with Crippen LogP contribution in [0.2, 0.25) is 0 Å². The highest BCUT2D eigenvalue weighted by molar-refractivity contribution is 7.80. The molecule has 1 aromatic heterocycles. The number of rotatable bonds is 4. The van der Waals surface area contributed by atoms with E-state index in [1.54, 1.807) is 0 Å². The van der Waals surface area contributed by atoms with Crippen molar-refractivity contribution in [1.82, 2.24) is 10.3 Å². The van der Waals surface area contributed by atoms with E-state index in [1.807, 2.05) is 49.4 Å². The standard InChI is InChI=1S/C27H29N3O2S/c1-16-5-6-22-23(7-16)32-25(29-22)20-3-2-4-21(11-20)28-26(33)30-24(31)15-27-12-17-8-18(13-27)10-19(9-17)14-27/h2-7,11,17-19H,8-10,12-15H2,1H3,(H2,28,30,31,33). The van der Waals surface area contributed by atoms with Gasteiger partial charge in [-0.25, -0.2) is 4.98 Å². The van der Waals surface area contributed by atoms with Crippen LogP contribution in [0.5, 0.6) is 0 Å². The van der Waals surface area contributed by atoms with Crippen LogP contribution >= 0.6 is 12.2 Å². The van der Waals surface area contributed by atoms with Crippen molar-refractivity contribution in [3.63, 3.8) is 0 Å².